The molecular weight excluding hydrogens is 272 g/mol. The summed E-state index contributed by atoms with van der Waals surface area (Å²) in [5, 5.41) is 0. The summed E-state index contributed by atoms with van der Waals surface area (Å²) in [5.41, 5.74) is 7.14. The summed E-state index contributed by atoms with van der Waals surface area (Å²) in [5.74, 6) is 0.817. The Balaban J connectivity index is 2.26. The molecule has 5 heteroatoms. The molecule has 104 valence electrons. The first-order valence-corrected chi connectivity index (χ1v) is 6.79. The molecule has 0 aliphatic carbocycles. The summed E-state index contributed by atoms with van der Waals surface area (Å²) >= 11 is 4.81. The molecule has 0 bridgehead atoms. The molecule has 0 aliphatic heterocycles. The number of thiocarbonyl (C=S) groups is 1. The number of hydrogen-bond acceptors (Lipinski definition) is 3. The molecule has 0 radical (unpaired) electrons. The lowest BCUT2D eigenvalue weighted by Crippen LogP contribution is -2.22. The third-order valence-electron chi connectivity index (χ3n) is 2.81. The average molecular weight is 288 g/mol. The molecule has 0 atom stereocenters. The van der Waals surface area contributed by atoms with Crippen molar-refractivity contribution in [3.05, 3.63) is 52.3 Å². The fourth-order valence-electron chi connectivity index (χ4n) is 1.79. The first-order chi connectivity index (χ1) is 9.61. The molecule has 1 aromatic heterocycles. The van der Waals surface area contributed by atoms with E-state index in [0.717, 1.165) is 23.4 Å². The summed E-state index contributed by atoms with van der Waals surface area (Å²) in [6.45, 7) is 2.75. The van der Waals surface area contributed by atoms with Gasteiger partial charge in [-0.2, -0.15) is 0 Å². The summed E-state index contributed by atoms with van der Waals surface area (Å²) in [6.07, 6.45) is 0.968. The van der Waals surface area contributed by atoms with E-state index in [1.807, 2.05) is 24.3 Å². The molecule has 2 rings (SSSR count). The van der Waals surface area contributed by atoms with Crippen LogP contribution in [0.1, 0.15) is 18.9 Å². The second-order valence-corrected chi connectivity index (χ2v) is 4.79. The molecule has 0 saturated carbocycles. The molecule has 0 aliphatic rings. The predicted molar refractivity (Wildman–Crippen MR) is 84.2 cm³/mol. The van der Waals surface area contributed by atoms with Crippen LogP contribution in [0, 0.1) is 0 Å². The van der Waals surface area contributed by atoms with Gasteiger partial charge in [0.15, 0.2) is 0 Å². The number of benzene rings is 1. The van der Waals surface area contributed by atoms with E-state index in [1.165, 1.54) is 0 Å². The molecule has 0 fully saturated rings. The quantitative estimate of drug-likeness (QED) is 0.829. The van der Waals surface area contributed by atoms with E-state index in [4.69, 9.17) is 22.7 Å². The molecule has 1 heterocycles. The van der Waals surface area contributed by atoms with E-state index >= 15 is 0 Å². The van der Waals surface area contributed by atoms with Crippen LogP contribution in [0.2, 0.25) is 0 Å². The van der Waals surface area contributed by atoms with Crippen molar-refractivity contribution in [2.24, 2.45) is 5.73 Å². The van der Waals surface area contributed by atoms with Crippen molar-refractivity contribution >= 4 is 17.2 Å². The van der Waals surface area contributed by atoms with E-state index in [9.17, 15) is 4.79 Å². The molecule has 0 amide bonds. The maximum atomic E-state index is 11.8. The number of aromatic nitrogens is 1. The minimum atomic E-state index is -0.277. The van der Waals surface area contributed by atoms with E-state index < -0.39 is 0 Å². The largest absolute Gasteiger partial charge is 0.494 e. The van der Waals surface area contributed by atoms with Crippen LogP contribution in [0.5, 0.6) is 5.75 Å². The topological polar surface area (TPSA) is 68.1 Å². The second-order valence-electron chi connectivity index (χ2n) is 4.35. The van der Waals surface area contributed by atoms with E-state index in [-0.39, 0.29) is 10.5 Å². The predicted octanol–water partition coefficient (Wildman–Crippen LogP) is 2.46. The molecule has 1 aromatic carbocycles. The number of ether oxygens (including phenoxy) is 1. The van der Waals surface area contributed by atoms with Gasteiger partial charge >= 0.3 is 0 Å². The Kier molecular flexibility index (Phi) is 4.53. The highest BCUT2D eigenvalue weighted by Gasteiger charge is 2.05. The summed E-state index contributed by atoms with van der Waals surface area (Å²) < 4.78 is 5.51. The molecule has 0 unspecified atom stereocenters. The van der Waals surface area contributed by atoms with Crippen LogP contribution in [-0.4, -0.2) is 16.6 Å². The van der Waals surface area contributed by atoms with E-state index in [2.05, 4.69) is 11.9 Å². The fraction of sp³-hybridized carbons (Fsp3) is 0.200. The van der Waals surface area contributed by atoms with Gasteiger partial charge in [0.1, 0.15) is 10.7 Å². The monoisotopic (exact) mass is 288 g/mol. The Labute approximate surface area is 122 Å². The van der Waals surface area contributed by atoms with Gasteiger partial charge < -0.3 is 15.5 Å². The Morgan fingerprint density at radius 3 is 2.50 bits per heavy atom. The van der Waals surface area contributed by atoms with Gasteiger partial charge in [-0.1, -0.05) is 19.1 Å². The van der Waals surface area contributed by atoms with Crippen LogP contribution in [0.3, 0.4) is 0 Å². The van der Waals surface area contributed by atoms with Gasteiger partial charge in [-0.25, -0.2) is 0 Å². The molecular formula is C15H16N2O2S. The molecule has 20 heavy (non-hydrogen) atoms. The van der Waals surface area contributed by atoms with Crippen molar-refractivity contribution in [3.63, 3.8) is 0 Å². The van der Waals surface area contributed by atoms with Crippen molar-refractivity contribution in [2.45, 2.75) is 13.3 Å². The van der Waals surface area contributed by atoms with Crippen molar-refractivity contribution < 1.29 is 4.74 Å². The lowest BCUT2D eigenvalue weighted by Gasteiger charge is -2.06. The summed E-state index contributed by atoms with van der Waals surface area (Å²) in [4.78, 5) is 14.7. The summed E-state index contributed by atoms with van der Waals surface area (Å²) in [7, 11) is 0. The molecule has 2 aromatic rings. The highest BCUT2D eigenvalue weighted by Crippen LogP contribution is 2.20. The Morgan fingerprint density at radius 2 is 1.95 bits per heavy atom. The lowest BCUT2D eigenvalue weighted by molar-refractivity contribution is 0.317. The van der Waals surface area contributed by atoms with E-state index in [0.29, 0.717) is 12.2 Å². The first-order valence-electron chi connectivity index (χ1n) is 6.38. The third kappa shape index (κ3) is 3.24. The van der Waals surface area contributed by atoms with Gasteiger partial charge in [-0.15, -0.1) is 0 Å². The third-order valence-corrected chi connectivity index (χ3v) is 3.03. The SMILES string of the molecule is CCCOc1ccc(-c2ccc(C(N)=S)c(=O)[nH]2)cc1. The van der Waals surface area contributed by atoms with Crippen LogP contribution in [0.15, 0.2) is 41.2 Å². The number of H-pyrrole nitrogens is 1. The van der Waals surface area contributed by atoms with Gasteiger partial charge in [0.2, 0.25) is 0 Å². The highest BCUT2D eigenvalue weighted by molar-refractivity contribution is 7.80. The minimum Gasteiger partial charge on any atom is -0.494 e. The van der Waals surface area contributed by atoms with Crippen LogP contribution in [0.4, 0.5) is 0 Å². The lowest BCUT2D eigenvalue weighted by atomic mass is 10.1. The maximum absolute atomic E-state index is 11.8. The Hall–Kier alpha value is -2.14. The van der Waals surface area contributed by atoms with Crippen LogP contribution in [-0.2, 0) is 0 Å². The zero-order chi connectivity index (χ0) is 14.5. The fourth-order valence-corrected chi connectivity index (χ4v) is 1.95. The van der Waals surface area contributed by atoms with Crippen LogP contribution < -0.4 is 16.0 Å². The molecule has 4 nitrogen and oxygen atoms in total. The number of rotatable bonds is 5. The van der Waals surface area contributed by atoms with Gasteiger partial charge in [-0.05, 0) is 48.4 Å². The zero-order valence-electron chi connectivity index (χ0n) is 11.2. The minimum absolute atomic E-state index is 0.0983. The number of aromatic amines is 1. The number of nitrogens with two attached hydrogens (primary N) is 1. The molecule has 0 saturated heterocycles. The van der Waals surface area contributed by atoms with Crippen molar-refractivity contribution in [1.82, 2.24) is 4.98 Å². The molecule has 0 spiro atoms. The highest BCUT2D eigenvalue weighted by atomic mass is 32.1. The van der Waals surface area contributed by atoms with Crippen LogP contribution in [0.25, 0.3) is 11.3 Å². The van der Waals surface area contributed by atoms with E-state index in [1.54, 1.807) is 12.1 Å². The Morgan fingerprint density at radius 1 is 1.25 bits per heavy atom. The van der Waals surface area contributed by atoms with Crippen molar-refractivity contribution in [3.8, 4) is 17.0 Å². The molecule has 3 N–H and O–H groups in total. The zero-order valence-corrected chi connectivity index (χ0v) is 12.0. The van der Waals surface area contributed by atoms with Crippen LogP contribution >= 0.6 is 12.2 Å². The number of nitrogens with one attached hydrogen (secondary N) is 1. The van der Waals surface area contributed by atoms with Gasteiger partial charge in [0, 0.05) is 5.69 Å². The van der Waals surface area contributed by atoms with Crippen molar-refractivity contribution in [2.75, 3.05) is 6.61 Å². The first kappa shape index (κ1) is 14.3. The van der Waals surface area contributed by atoms with Crippen molar-refractivity contribution in [1.29, 1.82) is 0 Å². The summed E-state index contributed by atoms with van der Waals surface area (Å²) in [6, 6.07) is 11.0. The van der Waals surface area contributed by atoms with Gasteiger partial charge in [0.05, 0.1) is 12.2 Å². The van der Waals surface area contributed by atoms with Gasteiger partial charge in [0.25, 0.3) is 5.56 Å². The maximum Gasteiger partial charge on any atom is 0.258 e. The average Bonchev–Trinajstić information content (AvgIpc) is 2.45. The standard InChI is InChI=1S/C15H16N2O2S/c1-2-9-19-11-5-3-10(4-6-11)13-8-7-12(14(16)20)15(18)17-13/h3-8H,2,9H2,1H3,(H2,16,20)(H,17,18). The normalized spacial score (nSPS) is 10.2. The smallest absolute Gasteiger partial charge is 0.258 e. The number of hydrogen-bond donors (Lipinski definition) is 2. The number of pyridine rings is 1. The Bertz CT molecular complexity index is 662. The second kappa shape index (κ2) is 6.34. The van der Waals surface area contributed by atoms with Gasteiger partial charge in [-0.3, -0.25) is 4.79 Å².